The molecule has 0 heterocycles. The van der Waals surface area contributed by atoms with Crippen LogP contribution in [0.3, 0.4) is 0 Å². The van der Waals surface area contributed by atoms with E-state index in [2.05, 4.69) is 11.2 Å². The number of hydrogen-bond donors (Lipinski definition) is 1. The van der Waals surface area contributed by atoms with Gasteiger partial charge in [-0.3, -0.25) is 0 Å². The Balaban J connectivity index is 2.85. The summed E-state index contributed by atoms with van der Waals surface area (Å²) in [7, 11) is 1.87. The number of nitrogens with one attached hydrogen (secondary N) is 1. The first-order valence-corrected chi connectivity index (χ1v) is 4.65. The van der Waals surface area contributed by atoms with E-state index in [0.29, 0.717) is 11.6 Å². The van der Waals surface area contributed by atoms with Gasteiger partial charge in [-0.05, 0) is 25.2 Å². The largest absolute Gasteiger partial charge is 0.481 e. The van der Waals surface area contributed by atoms with Crippen LogP contribution in [-0.4, -0.2) is 13.7 Å². The number of hydrogen-bond acceptors (Lipinski definition) is 2. The molecule has 74 valence electrons. The van der Waals surface area contributed by atoms with Crippen molar-refractivity contribution in [2.24, 2.45) is 0 Å². The fourth-order valence-corrected chi connectivity index (χ4v) is 1.33. The first-order chi connectivity index (χ1) is 6.77. The van der Waals surface area contributed by atoms with Crippen LogP contribution in [0.15, 0.2) is 18.2 Å². The Hall–Kier alpha value is -1.17. The summed E-state index contributed by atoms with van der Waals surface area (Å²) in [6, 6.07) is 5.48. The molecule has 0 saturated heterocycles. The molecule has 0 fully saturated rings. The van der Waals surface area contributed by atoms with E-state index in [1.807, 2.05) is 19.2 Å². The Morgan fingerprint density at radius 2 is 2.36 bits per heavy atom. The van der Waals surface area contributed by atoms with Crippen LogP contribution in [-0.2, 0) is 6.54 Å². The van der Waals surface area contributed by atoms with E-state index in [1.54, 1.807) is 6.07 Å². The monoisotopic (exact) mass is 209 g/mol. The Bertz CT molecular complexity index is 344. The predicted molar refractivity (Wildman–Crippen MR) is 58.5 cm³/mol. The van der Waals surface area contributed by atoms with Crippen molar-refractivity contribution >= 4 is 11.6 Å². The lowest BCUT2D eigenvalue weighted by Gasteiger charge is -2.09. The number of rotatable bonds is 4. The lowest BCUT2D eigenvalue weighted by Crippen LogP contribution is -2.07. The number of ether oxygens (including phenoxy) is 1. The van der Waals surface area contributed by atoms with Gasteiger partial charge in [0.05, 0.1) is 0 Å². The quantitative estimate of drug-likeness (QED) is 0.767. The van der Waals surface area contributed by atoms with Gasteiger partial charge in [0.15, 0.2) is 0 Å². The lowest BCUT2D eigenvalue weighted by atomic mass is 10.2. The highest BCUT2D eigenvalue weighted by Crippen LogP contribution is 2.22. The van der Waals surface area contributed by atoms with Crippen LogP contribution in [0.5, 0.6) is 5.75 Å². The summed E-state index contributed by atoms with van der Waals surface area (Å²) >= 11 is 5.86. The second kappa shape index (κ2) is 5.54. The molecule has 14 heavy (non-hydrogen) atoms. The zero-order valence-electron chi connectivity index (χ0n) is 8.01. The minimum Gasteiger partial charge on any atom is -0.481 e. The summed E-state index contributed by atoms with van der Waals surface area (Å²) in [6.07, 6.45) is 5.11. The van der Waals surface area contributed by atoms with Crippen molar-refractivity contribution in [1.82, 2.24) is 5.32 Å². The van der Waals surface area contributed by atoms with Gasteiger partial charge in [-0.25, -0.2) is 0 Å². The first-order valence-electron chi connectivity index (χ1n) is 4.27. The number of terminal acetylenes is 1. The maximum absolute atomic E-state index is 5.86. The van der Waals surface area contributed by atoms with Gasteiger partial charge >= 0.3 is 0 Å². The Labute approximate surface area is 89.2 Å². The number of halogens is 1. The molecule has 0 bridgehead atoms. The molecule has 3 heteroatoms. The van der Waals surface area contributed by atoms with Gasteiger partial charge in [0.2, 0.25) is 0 Å². The van der Waals surface area contributed by atoms with Crippen molar-refractivity contribution in [2.75, 3.05) is 13.7 Å². The van der Waals surface area contributed by atoms with E-state index >= 15 is 0 Å². The summed E-state index contributed by atoms with van der Waals surface area (Å²) in [6.45, 7) is 0.985. The molecule has 1 aromatic rings. The fourth-order valence-electron chi connectivity index (χ4n) is 1.14. The van der Waals surface area contributed by atoms with E-state index in [0.717, 1.165) is 11.3 Å². The van der Waals surface area contributed by atoms with Crippen LogP contribution in [0.1, 0.15) is 5.56 Å². The van der Waals surface area contributed by atoms with Crippen molar-refractivity contribution in [3.05, 3.63) is 28.8 Å². The van der Waals surface area contributed by atoms with E-state index in [-0.39, 0.29) is 6.61 Å². The van der Waals surface area contributed by atoms with Gasteiger partial charge in [0, 0.05) is 17.1 Å². The van der Waals surface area contributed by atoms with Crippen LogP contribution in [0.4, 0.5) is 0 Å². The van der Waals surface area contributed by atoms with Crippen LogP contribution in [0.2, 0.25) is 5.02 Å². The molecule has 0 amide bonds. The zero-order chi connectivity index (χ0) is 10.4. The average Bonchev–Trinajstić information content (AvgIpc) is 2.17. The molecule has 1 aromatic carbocycles. The van der Waals surface area contributed by atoms with Crippen molar-refractivity contribution in [3.8, 4) is 18.1 Å². The van der Waals surface area contributed by atoms with Crippen molar-refractivity contribution < 1.29 is 4.74 Å². The van der Waals surface area contributed by atoms with Crippen molar-refractivity contribution in [1.29, 1.82) is 0 Å². The highest BCUT2D eigenvalue weighted by Gasteiger charge is 2.02. The molecule has 2 nitrogen and oxygen atoms in total. The second-order valence-electron chi connectivity index (χ2n) is 2.78. The summed E-state index contributed by atoms with van der Waals surface area (Å²) < 4.78 is 5.36. The fraction of sp³-hybridized carbons (Fsp3) is 0.273. The third-order valence-electron chi connectivity index (χ3n) is 1.70. The molecule has 0 aliphatic rings. The average molecular weight is 210 g/mol. The van der Waals surface area contributed by atoms with E-state index in [1.165, 1.54) is 0 Å². The van der Waals surface area contributed by atoms with Crippen LogP contribution < -0.4 is 10.1 Å². The van der Waals surface area contributed by atoms with Crippen molar-refractivity contribution in [2.45, 2.75) is 6.54 Å². The molecular weight excluding hydrogens is 198 g/mol. The zero-order valence-corrected chi connectivity index (χ0v) is 8.77. The van der Waals surface area contributed by atoms with Crippen LogP contribution in [0, 0.1) is 12.3 Å². The molecular formula is C11H12ClNO. The van der Waals surface area contributed by atoms with E-state index in [4.69, 9.17) is 22.8 Å². The van der Waals surface area contributed by atoms with Gasteiger partial charge in [-0.15, -0.1) is 6.42 Å². The minimum atomic E-state index is 0.276. The Morgan fingerprint density at radius 3 is 3.00 bits per heavy atom. The normalized spacial score (nSPS) is 9.50. The molecule has 0 saturated carbocycles. The Kier molecular flexibility index (Phi) is 4.31. The van der Waals surface area contributed by atoms with Gasteiger partial charge in [-0.2, -0.15) is 0 Å². The minimum absolute atomic E-state index is 0.276. The third kappa shape index (κ3) is 2.95. The highest BCUT2D eigenvalue weighted by atomic mass is 35.5. The standard InChI is InChI=1S/C11H12ClNO/c1-3-6-14-11-5-4-10(12)7-9(11)8-13-2/h1,4-5,7,13H,6,8H2,2H3. The maximum Gasteiger partial charge on any atom is 0.148 e. The molecule has 1 N–H and O–H groups in total. The molecule has 0 aromatic heterocycles. The molecule has 0 atom stereocenters. The molecule has 0 unspecified atom stereocenters. The van der Waals surface area contributed by atoms with Gasteiger partial charge < -0.3 is 10.1 Å². The Morgan fingerprint density at radius 1 is 1.57 bits per heavy atom. The molecule has 1 rings (SSSR count). The van der Waals surface area contributed by atoms with E-state index < -0.39 is 0 Å². The van der Waals surface area contributed by atoms with Gasteiger partial charge in [0.1, 0.15) is 12.4 Å². The van der Waals surface area contributed by atoms with Gasteiger partial charge in [-0.1, -0.05) is 17.5 Å². The van der Waals surface area contributed by atoms with Gasteiger partial charge in [0.25, 0.3) is 0 Å². The summed E-state index contributed by atoms with van der Waals surface area (Å²) in [5, 5.41) is 3.74. The summed E-state index contributed by atoms with van der Waals surface area (Å²) in [4.78, 5) is 0. The third-order valence-corrected chi connectivity index (χ3v) is 1.94. The molecule has 0 aliphatic carbocycles. The van der Waals surface area contributed by atoms with Crippen molar-refractivity contribution in [3.63, 3.8) is 0 Å². The first kappa shape index (κ1) is 10.9. The highest BCUT2D eigenvalue weighted by molar-refractivity contribution is 6.30. The van der Waals surface area contributed by atoms with Crippen LogP contribution in [0.25, 0.3) is 0 Å². The number of benzene rings is 1. The second-order valence-corrected chi connectivity index (χ2v) is 3.21. The SMILES string of the molecule is C#CCOc1ccc(Cl)cc1CNC. The molecule has 0 radical (unpaired) electrons. The predicted octanol–water partition coefficient (Wildman–Crippen LogP) is 2.07. The molecule has 0 spiro atoms. The van der Waals surface area contributed by atoms with Crippen LogP contribution >= 0.6 is 11.6 Å². The molecule has 0 aliphatic heterocycles. The summed E-state index contributed by atoms with van der Waals surface area (Å²) in [5.74, 6) is 3.20. The summed E-state index contributed by atoms with van der Waals surface area (Å²) in [5.41, 5.74) is 1.01. The maximum atomic E-state index is 5.86. The lowest BCUT2D eigenvalue weighted by molar-refractivity contribution is 0.365. The topological polar surface area (TPSA) is 21.3 Å². The van der Waals surface area contributed by atoms with E-state index in [9.17, 15) is 0 Å². The smallest absolute Gasteiger partial charge is 0.148 e.